The van der Waals surface area contributed by atoms with Crippen molar-refractivity contribution in [3.05, 3.63) is 52.8 Å². The monoisotopic (exact) mass is 475 g/mol. The summed E-state index contributed by atoms with van der Waals surface area (Å²) in [5.41, 5.74) is 4.52. The van der Waals surface area contributed by atoms with E-state index in [4.69, 9.17) is 25.8 Å². The molecule has 1 atom stereocenters. The molecule has 2 rings (SSSR count). The van der Waals surface area contributed by atoms with Crippen molar-refractivity contribution in [3.63, 3.8) is 0 Å². The van der Waals surface area contributed by atoms with E-state index in [0.717, 1.165) is 22.5 Å². The molecule has 0 aliphatic rings. The van der Waals surface area contributed by atoms with E-state index in [2.05, 4.69) is 43.0 Å². The smallest absolute Gasteiger partial charge is 0.452 e. The number of aromatic nitrogens is 2. The molecule has 1 unspecified atom stereocenters. The van der Waals surface area contributed by atoms with Gasteiger partial charge in [-0.3, -0.25) is 9.67 Å². The third-order valence-electron chi connectivity index (χ3n) is 4.84. The molecular weight excluding hydrogens is 442 g/mol. The van der Waals surface area contributed by atoms with Gasteiger partial charge in [0.1, 0.15) is 12.3 Å². The average molecular weight is 476 g/mol. The van der Waals surface area contributed by atoms with Crippen molar-refractivity contribution in [1.82, 2.24) is 9.78 Å². The molecule has 1 aromatic heterocycles. The largest absolute Gasteiger partial charge is 0.511 e. The first kappa shape index (κ1) is 26.5. The highest BCUT2D eigenvalue weighted by molar-refractivity contribution is 6.18. The number of nitrogens with zero attached hydrogens (tertiary/aromatic N) is 3. The Morgan fingerprint density at radius 3 is 2.45 bits per heavy atom. The molecule has 0 bridgehead atoms. The number of alkyl halides is 1. The summed E-state index contributed by atoms with van der Waals surface area (Å²) in [5, 5.41) is 4.55. The van der Waals surface area contributed by atoms with Crippen molar-refractivity contribution < 1.29 is 19.0 Å². The lowest BCUT2D eigenvalue weighted by Crippen LogP contribution is -2.20. The lowest BCUT2D eigenvalue weighted by molar-refractivity contribution is -0.0658. The summed E-state index contributed by atoms with van der Waals surface area (Å²) in [6.45, 7) is 12.8. The fourth-order valence-electron chi connectivity index (χ4n) is 3.26. The summed E-state index contributed by atoms with van der Waals surface area (Å²) in [5.74, 6) is 0.691. The number of carbonyl (C=O) groups excluding carboxylic acids is 1. The van der Waals surface area contributed by atoms with E-state index in [9.17, 15) is 4.79 Å². The van der Waals surface area contributed by atoms with E-state index in [0.29, 0.717) is 12.3 Å². The van der Waals surface area contributed by atoms with E-state index in [1.165, 1.54) is 5.56 Å². The molecule has 0 spiro atoms. The molecule has 0 aliphatic carbocycles. The van der Waals surface area contributed by atoms with Gasteiger partial charge < -0.3 is 14.2 Å². The van der Waals surface area contributed by atoms with Crippen LogP contribution in [-0.2, 0) is 26.2 Å². The number of aryl methyl sites for hydroxylation is 2. The van der Waals surface area contributed by atoms with Gasteiger partial charge in [-0.2, -0.15) is 5.10 Å². The van der Waals surface area contributed by atoms with Gasteiger partial charge >= 0.3 is 6.16 Å². The Morgan fingerprint density at radius 2 is 1.91 bits per heavy atom. The van der Waals surface area contributed by atoms with Crippen LogP contribution in [-0.4, -0.2) is 48.0 Å². The van der Waals surface area contributed by atoms with E-state index in [1.807, 2.05) is 36.7 Å². The molecule has 0 radical (unpaired) electrons. The van der Waals surface area contributed by atoms with Crippen LogP contribution in [0.2, 0.25) is 0 Å². The second kappa shape index (κ2) is 11.9. The zero-order valence-corrected chi connectivity index (χ0v) is 21.3. The molecule has 7 nitrogen and oxygen atoms in total. The molecule has 0 aliphatic heterocycles. The number of hydrogen-bond acceptors (Lipinski definition) is 6. The van der Waals surface area contributed by atoms with Crippen molar-refractivity contribution in [2.24, 2.45) is 4.99 Å². The van der Waals surface area contributed by atoms with Gasteiger partial charge in [0.15, 0.2) is 5.76 Å². The molecule has 1 heterocycles. The molecule has 8 heteroatoms. The number of carbonyl (C=O) groups is 1. The average Bonchev–Trinajstić information content (AvgIpc) is 3.14. The Bertz CT molecular complexity index is 988. The molecule has 0 saturated heterocycles. The van der Waals surface area contributed by atoms with E-state index < -0.39 is 12.4 Å². The SMILES string of the molecule is CCn1nc(C)cc1/C(OC(C)OC(=O)OCCCl)=C(\C=NC)c1ccc(C(C)(C)C)cc1. The summed E-state index contributed by atoms with van der Waals surface area (Å²) in [7, 11) is 1.70. The number of ether oxygens (including phenoxy) is 3. The molecular formula is C25H34ClN3O4. The minimum absolute atomic E-state index is 0.0320. The number of hydrogen-bond donors (Lipinski definition) is 0. The number of rotatable bonds is 9. The van der Waals surface area contributed by atoms with Crippen LogP contribution in [0.4, 0.5) is 4.79 Å². The Labute approximate surface area is 201 Å². The van der Waals surface area contributed by atoms with Gasteiger partial charge in [0.05, 0.1) is 11.6 Å². The number of aliphatic imine (C=N–C) groups is 1. The fraction of sp³-hybridized carbons (Fsp3) is 0.480. The summed E-state index contributed by atoms with van der Waals surface area (Å²) in [4.78, 5) is 16.2. The third-order valence-corrected chi connectivity index (χ3v) is 5.00. The second-order valence-corrected chi connectivity index (χ2v) is 8.91. The normalized spacial score (nSPS) is 13.6. The molecule has 0 amide bonds. The van der Waals surface area contributed by atoms with Gasteiger partial charge in [0, 0.05) is 32.3 Å². The van der Waals surface area contributed by atoms with Crippen molar-refractivity contribution in [3.8, 4) is 0 Å². The van der Waals surface area contributed by atoms with Crippen LogP contribution in [0.15, 0.2) is 35.3 Å². The fourth-order valence-corrected chi connectivity index (χ4v) is 3.33. The highest BCUT2D eigenvalue weighted by Crippen LogP contribution is 2.30. The van der Waals surface area contributed by atoms with Gasteiger partial charge in [0.25, 0.3) is 0 Å². The first-order valence-electron chi connectivity index (χ1n) is 11.0. The summed E-state index contributed by atoms with van der Waals surface area (Å²) in [6, 6.07) is 10.2. The Kier molecular flexibility index (Phi) is 9.53. The third kappa shape index (κ3) is 7.35. The van der Waals surface area contributed by atoms with Gasteiger partial charge in [-0.05, 0) is 36.5 Å². The topological polar surface area (TPSA) is 74.9 Å². The summed E-state index contributed by atoms with van der Waals surface area (Å²) in [6.07, 6.45) is -0.0252. The number of benzene rings is 1. The lowest BCUT2D eigenvalue weighted by Gasteiger charge is -2.21. The Hall–Kier alpha value is -2.80. The van der Waals surface area contributed by atoms with Crippen molar-refractivity contribution >= 4 is 35.3 Å². The maximum absolute atomic E-state index is 11.9. The molecule has 33 heavy (non-hydrogen) atoms. The van der Waals surface area contributed by atoms with Crippen molar-refractivity contribution in [2.75, 3.05) is 19.5 Å². The number of allylic oxidation sites excluding steroid dienone is 1. The van der Waals surface area contributed by atoms with Crippen LogP contribution in [0, 0.1) is 6.92 Å². The molecule has 180 valence electrons. The maximum Gasteiger partial charge on any atom is 0.511 e. The molecule has 0 N–H and O–H groups in total. The van der Waals surface area contributed by atoms with Gasteiger partial charge in [-0.15, -0.1) is 11.6 Å². The first-order valence-corrected chi connectivity index (χ1v) is 11.5. The van der Waals surface area contributed by atoms with Crippen LogP contribution < -0.4 is 0 Å². The van der Waals surface area contributed by atoms with Gasteiger partial charge in [0.2, 0.25) is 6.29 Å². The Balaban J connectivity index is 2.57. The van der Waals surface area contributed by atoms with E-state index >= 15 is 0 Å². The summed E-state index contributed by atoms with van der Waals surface area (Å²) >= 11 is 5.57. The van der Waals surface area contributed by atoms with E-state index in [-0.39, 0.29) is 17.9 Å². The summed E-state index contributed by atoms with van der Waals surface area (Å²) < 4.78 is 18.2. The van der Waals surface area contributed by atoms with E-state index in [1.54, 1.807) is 20.2 Å². The van der Waals surface area contributed by atoms with Crippen LogP contribution in [0.25, 0.3) is 11.3 Å². The standard InChI is InChI=1S/C25H34ClN3O4/c1-8-29-22(15-17(2)28-29)23(32-18(3)33-24(30)31-14-13-26)21(16-27-7)19-9-11-20(12-10-19)25(4,5)6/h9-12,15-16,18H,8,13-14H2,1-7H3/b23-21-,27-16?. The molecule has 0 saturated carbocycles. The van der Waals surface area contributed by atoms with Crippen LogP contribution in [0.1, 0.15) is 57.1 Å². The molecule has 2 aromatic rings. The van der Waals surface area contributed by atoms with Crippen LogP contribution in [0.5, 0.6) is 0 Å². The second-order valence-electron chi connectivity index (χ2n) is 8.53. The van der Waals surface area contributed by atoms with Crippen molar-refractivity contribution in [1.29, 1.82) is 0 Å². The predicted octanol–water partition coefficient (Wildman–Crippen LogP) is 5.83. The Morgan fingerprint density at radius 1 is 1.24 bits per heavy atom. The molecule has 1 aromatic carbocycles. The van der Waals surface area contributed by atoms with Crippen molar-refractivity contribution in [2.45, 2.75) is 59.8 Å². The zero-order valence-electron chi connectivity index (χ0n) is 20.5. The zero-order chi connectivity index (χ0) is 24.6. The first-order chi connectivity index (χ1) is 15.6. The quantitative estimate of drug-likeness (QED) is 0.150. The maximum atomic E-state index is 11.9. The minimum atomic E-state index is -0.919. The highest BCUT2D eigenvalue weighted by Gasteiger charge is 2.22. The molecule has 0 fully saturated rings. The predicted molar refractivity (Wildman–Crippen MR) is 133 cm³/mol. The number of halogens is 1. The van der Waals surface area contributed by atoms with Crippen LogP contribution in [0.3, 0.4) is 0 Å². The van der Waals surface area contributed by atoms with Gasteiger partial charge in [-0.25, -0.2) is 4.79 Å². The van der Waals surface area contributed by atoms with Gasteiger partial charge in [-0.1, -0.05) is 45.0 Å². The minimum Gasteiger partial charge on any atom is -0.452 e. The lowest BCUT2D eigenvalue weighted by atomic mass is 9.86. The highest BCUT2D eigenvalue weighted by atomic mass is 35.5. The van der Waals surface area contributed by atoms with Crippen LogP contribution >= 0.6 is 11.6 Å².